The highest BCUT2D eigenvalue weighted by atomic mass is 32.2. The molecule has 0 aliphatic carbocycles. The number of nitrogens with two attached hydrogens (primary N) is 1. The topological polar surface area (TPSA) is 189 Å². The molecule has 0 spiro atoms. The van der Waals surface area contributed by atoms with Crippen molar-refractivity contribution in [3.8, 4) is 0 Å². The zero-order valence-corrected chi connectivity index (χ0v) is 23.1. The van der Waals surface area contributed by atoms with E-state index >= 15 is 0 Å². The van der Waals surface area contributed by atoms with Gasteiger partial charge in [-0.2, -0.15) is 0 Å². The minimum atomic E-state index is -1.15. The molecule has 3 fully saturated rings. The standard InChI is InChI=1S/C24H35N9O5S/c1-12-18-17(13(2)28-16(34)10-32-11-27-29-30-32)22(36)33(18)19(23(37)38)20(12)39-14-8-15(26-9-14)21(35)31-6-4-24(3,25)5-7-31/h11-15,17-18,26H,4-10,25H2,1-3H3,(H,28,34)(H,37,38)/t12-,13-,14+,15+,17-,18-/m1/s1. The molecule has 3 amide bonds. The SMILES string of the molecule is C[C@@H](NC(=O)Cn1cnnn1)[C@H]1C(=O)N2C(C(=O)O)=C(S[C@@H]3CN[C@H](C(=O)N4CCC(C)(N)CC4)C3)[C@H](C)[C@H]12. The lowest BCUT2D eigenvalue weighted by molar-refractivity contribution is -0.158. The lowest BCUT2D eigenvalue weighted by Gasteiger charge is -2.47. The molecule has 5 rings (SSSR count). The minimum absolute atomic E-state index is 0.00372. The van der Waals surface area contributed by atoms with Gasteiger partial charge >= 0.3 is 5.97 Å². The summed E-state index contributed by atoms with van der Waals surface area (Å²) < 4.78 is 1.28. The van der Waals surface area contributed by atoms with E-state index < -0.39 is 17.9 Å². The zero-order valence-electron chi connectivity index (χ0n) is 22.2. The molecule has 212 valence electrons. The van der Waals surface area contributed by atoms with Crippen molar-refractivity contribution in [3.05, 3.63) is 16.9 Å². The Morgan fingerprint density at radius 2 is 2.05 bits per heavy atom. The number of rotatable bonds is 8. The van der Waals surface area contributed by atoms with Gasteiger partial charge in [0.05, 0.1) is 18.0 Å². The molecule has 0 bridgehead atoms. The summed E-state index contributed by atoms with van der Waals surface area (Å²) in [5, 5.41) is 26.9. The molecule has 6 atom stereocenters. The average Bonchev–Trinajstić information content (AvgIpc) is 3.59. The average molecular weight is 562 g/mol. The summed E-state index contributed by atoms with van der Waals surface area (Å²) in [5.74, 6) is -2.51. The van der Waals surface area contributed by atoms with Gasteiger partial charge in [-0.3, -0.25) is 14.4 Å². The number of amides is 3. The van der Waals surface area contributed by atoms with E-state index in [1.54, 1.807) is 6.92 Å². The van der Waals surface area contributed by atoms with Crippen LogP contribution in [0.3, 0.4) is 0 Å². The van der Waals surface area contributed by atoms with Crippen LogP contribution in [0, 0.1) is 11.8 Å². The first-order valence-corrected chi connectivity index (χ1v) is 14.1. The summed E-state index contributed by atoms with van der Waals surface area (Å²) in [6.45, 7) is 7.44. The van der Waals surface area contributed by atoms with Gasteiger partial charge in [0.2, 0.25) is 17.7 Å². The third-order valence-electron chi connectivity index (χ3n) is 8.32. The Morgan fingerprint density at radius 1 is 1.33 bits per heavy atom. The molecule has 4 aliphatic rings. The van der Waals surface area contributed by atoms with Crippen molar-refractivity contribution in [2.24, 2.45) is 17.6 Å². The summed E-state index contributed by atoms with van der Waals surface area (Å²) in [6, 6.07) is -1.18. The first-order valence-electron chi connectivity index (χ1n) is 13.2. The van der Waals surface area contributed by atoms with E-state index in [1.165, 1.54) is 27.7 Å². The Balaban J connectivity index is 1.21. The molecule has 5 heterocycles. The van der Waals surface area contributed by atoms with Gasteiger partial charge < -0.3 is 31.3 Å². The number of nitrogens with one attached hydrogen (secondary N) is 2. The smallest absolute Gasteiger partial charge is 0.353 e. The number of piperidine rings is 1. The minimum Gasteiger partial charge on any atom is -0.477 e. The Morgan fingerprint density at radius 3 is 2.69 bits per heavy atom. The second-order valence-electron chi connectivity index (χ2n) is 11.3. The number of carboxylic acids is 1. The number of carbonyl (C=O) groups is 4. The summed E-state index contributed by atoms with van der Waals surface area (Å²) in [7, 11) is 0. The molecule has 0 aromatic carbocycles. The summed E-state index contributed by atoms with van der Waals surface area (Å²) in [4.78, 5) is 54.9. The molecule has 5 N–H and O–H groups in total. The first kappa shape index (κ1) is 27.5. The summed E-state index contributed by atoms with van der Waals surface area (Å²) >= 11 is 1.45. The third-order valence-corrected chi connectivity index (χ3v) is 9.83. The van der Waals surface area contributed by atoms with Gasteiger partial charge in [-0.1, -0.05) is 6.92 Å². The van der Waals surface area contributed by atoms with Crippen LogP contribution in [0.4, 0.5) is 0 Å². The van der Waals surface area contributed by atoms with Crippen molar-refractivity contribution < 1.29 is 24.3 Å². The highest BCUT2D eigenvalue weighted by molar-refractivity contribution is 8.03. The number of hydrogen-bond donors (Lipinski definition) is 4. The fourth-order valence-corrected chi connectivity index (χ4v) is 7.58. The van der Waals surface area contributed by atoms with E-state index in [9.17, 15) is 24.3 Å². The normalized spacial score (nSPS) is 30.7. The fourth-order valence-electron chi connectivity index (χ4n) is 6.10. The predicted molar refractivity (Wildman–Crippen MR) is 140 cm³/mol. The largest absolute Gasteiger partial charge is 0.477 e. The zero-order chi connectivity index (χ0) is 28.1. The quantitative estimate of drug-likeness (QED) is 0.278. The third kappa shape index (κ3) is 5.26. The van der Waals surface area contributed by atoms with Gasteiger partial charge in [0, 0.05) is 47.3 Å². The van der Waals surface area contributed by atoms with Crippen LogP contribution in [0.5, 0.6) is 0 Å². The van der Waals surface area contributed by atoms with E-state index in [0.29, 0.717) is 31.0 Å². The number of likely N-dealkylation sites (tertiary alicyclic amines) is 1. The molecule has 14 nitrogen and oxygen atoms in total. The second-order valence-corrected chi connectivity index (χ2v) is 12.7. The van der Waals surface area contributed by atoms with E-state index in [4.69, 9.17) is 5.73 Å². The molecular formula is C24H35N9O5S. The number of aromatic nitrogens is 4. The van der Waals surface area contributed by atoms with Crippen LogP contribution in [0.15, 0.2) is 16.9 Å². The molecule has 39 heavy (non-hydrogen) atoms. The van der Waals surface area contributed by atoms with Crippen molar-refractivity contribution in [2.45, 2.75) is 75.5 Å². The monoisotopic (exact) mass is 561 g/mol. The highest BCUT2D eigenvalue weighted by Gasteiger charge is 2.60. The van der Waals surface area contributed by atoms with Crippen LogP contribution >= 0.6 is 11.8 Å². The van der Waals surface area contributed by atoms with Crippen LogP contribution in [0.25, 0.3) is 0 Å². The predicted octanol–water partition coefficient (Wildman–Crippen LogP) is -1.25. The number of hydrogen-bond acceptors (Lipinski definition) is 10. The van der Waals surface area contributed by atoms with Crippen LogP contribution in [-0.4, -0.2) is 107 Å². The fraction of sp³-hybridized carbons (Fsp3) is 0.708. The summed E-state index contributed by atoms with van der Waals surface area (Å²) in [5.41, 5.74) is 5.98. The van der Waals surface area contributed by atoms with Crippen LogP contribution in [0.2, 0.25) is 0 Å². The van der Waals surface area contributed by atoms with Gasteiger partial charge in [0.25, 0.3) is 0 Å². The van der Waals surface area contributed by atoms with E-state index in [-0.39, 0.29) is 58.8 Å². The second kappa shape index (κ2) is 10.5. The van der Waals surface area contributed by atoms with Crippen molar-refractivity contribution in [1.29, 1.82) is 0 Å². The molecule has 1 aromatic heterocycles. The van der Waals surface area contributed by atoms with Crippen LogP contribution < -0.4 is 16.4 Å². The van der Waals surface area contributed by atoms with E-state index in [1.807, 2.05) is 18.7 Å². The molecule has 0 saturated carbocycles. The maximum absolute atomic E-state index is 13.1. The highest BCUT2D eigenvalue weighted by Crippen LogP contribution is 2.51. The van der Waals surface area contributed by atoms with Gasteiger partial charge in [0.15, 0.2) is 0 Å². The number of aliphatic carboxylic acids is 1. The molecule has 0 unspecified atom stereocenters. The van der Waals surface area contributed by atoms with E-state index in [0.717, 1.165) is 12.8 Å². The van der Waals surface area contributed by atoms with Crippen molar-refractivity contribution in [1.82, 2.24) is 40.6 Å². The lowest BCUT2D eigenvalue weighted by atomic mass is 9.78. The van der Waals surface area contributed by atoms with Gasteiger partial charge in [-0.25, -0.2) is 9.48 Å². The van der Waals surface area contributed by atoms with Gasteiger partial charge in [0.1, 0.15) is 18.6 Å². The molecule has 0 radical (unpaired) electrons. The lowest BCUT2D eigenvalue weighted by Crippen LogP contribution is -2.66. The molecular weight excluding hydrogens is 526 g/mol. The molecule has 3 saturated heterocycles. The van der Waals surface area contributed by atoms with Crippen LogP contribution in [0.1, 0.15) is 40.0 Å². The Kier molecular flexibility index (Phi) is 7.41. The number of nitrogens with zero attached hydrogens (tertiary/aromatic N) is 6. The van der Waals surface area contributed by atoms with Gasteiger partial charge in [-0.15, -0.1) is 16.9 Å². The number of carboxylic acid groups (broad SMARTS) is 1. The first-order chi connectivity index (χ1) is 18.5. The Hall–Kier alpha value is -3.04. The Bertz CT molecular complexity index is 1180. The Labute approximate surface area is 230 Å². The number of tetrazole rings is 1. The number of carbonyl (C=O) groups excluding carboxylic acids is 3. The molecule has 1 aromatic rings. The maximum atomic E-state index is 13.1. The number of thioether (sulfide) groups is 1. The molecule has 15 heteroatoms. The van der Waals surface area contributed by atoms with Crippen LogP contribution in [-0.2, 0) is 25.7 Å². The maximum Gasteiger partial charge on any atom is 0.353 e. The molecule has 4 aliphatic heterocycles. The summed E-state index contributed by atoms with van der Waals surface area (Å²) in [6.07, 6.45) is 3.43. The number of β-lactam (4-membered cyclic amide) rings is 1. The van der Waals surface area contributed by atoms with E-state index in [2.05, 4.69) is 26.2 Å². The number of fused-ring (bicyclic) bond motifs is 1. The van der Waals surface area contributed by atoms with Crippen molar-refractivity contribution in [3.63, 3.8) is 0 Å². The van der Waals surface area contributed by atoms with Crippen molar-refractivity contribution >= 4 is 35.5 Å². The van der Waals surface area contributed by atoms with Crippen molar-refractivity contribution in [2.75, 3.05) is 19.6 Å². The van der Waals surface area contributed by atoms with Gasteiger partial charge in [-0.05, 0) is 43.5 Å².